The normalized spacial score (nSPS) is 18.1. The Balaban J connectivity index is 0.00000259. The molecule has 0 N–H and O–H groups in total. The fourth-order valence-electron chi connectivity index (χ4n) is 3.94. The highest BCUT2D eigenvalue weighted by Crippen LogP contribution is 2.35. The molecule has 0 aliphatic carbocycles. The van der Waals surface area contributed by atoms with Gasteiger partial charge in [-0.15, -0.1) is 12.4 Å². The van der Waals surface area contributed by atoms with Crippen LogP contribution in [0.25, 0.3) is 10.2 Å². The van der Waals surface area contributed by atoms with E-state index >= 15 is 0 Å². The number of benzene rings is 2. The van der Waals surface area contributed by atoms with Gasteiger partial charge < -0.3 is 14.2 Å². The molecule has 1 unspecified atom stereocenters. The molecule has 2 aromatic carbocycles. The number of fused-ring (bicyclic) bond motifs is 2. The van der Waals surface area contributed by atoms with Crippen molar-refractivity contribution < 1.29 is 19.0 Å². The number of halogens is 2. The van der Waals surface area contributed by atoms with Gasteiger partial charge >= 0.3 is 0 Å². The quantitative estimate of drug-likeness (QED) is 0.513. The number of anilines is 1. The molecule has 0 saturated carbocycles. The summed E-state index contributed by atoms with van der Waals surface area (Å²) in [5.41, 5.74) is 1.85. The van der Waals surface area contributed by atoms with E-state index in [0.717, 1.165) is 35.4 Å². The van der Waals surface area contributed by atoms with Gasteiger partial charge in [-0.2, -0.15) is 0 Å². The van der Waals surface area contributed by atoms with Crippen LogP contribution < -0.4 is 14.4 Å². The van der Waals surface area contributed by atoms with E-state index in [9.17, 15) is 4.79 Å². The van der Waals surface area contributed by atoms with Crippen LogP contribution in [0, 0.1) is 6.92 Å². The molecule has 1 atom stereocenters. The number of nitrogens with zero attached hydrogens (tertiary/aromatic N) is 3. The van der Waals surface area contributed by atoms with E-state index in [2.05, 4.69) is 4.90 Å². The maximum atomic E-state index is 13.6. The van der Waals surface area contributed by atoms with Crippen LogP contribution in [0.2, 0.25) is 5.02 Å². The average Bonchev–Trinajstić information content (AvgIpc) is 3.23. The Morgan fingerprint density at radius 2 is 2.00 bits per heavy atom. The Morgan fingerprint density at radius 1 is 1.24 bits per heavy atom. The topological polar surface area (TPSA) is 64.1 Å². The molecule has 0 radical (unpaired) electrons. The number of aromatic nitrogens is 1. The van der Waals surface area contributed by atoms with Crippen molar-refractivity contribution >= 4 is 56.6 Å². The van der Waals surface area contributed by atoms with Crippen molar-refractivity contribution in [2.75, 3.05) is 50.9 Å². The van der Waals surface area contributed by atoms with Crippen molar-refractivity contribution in [1.82, 2.24) is 9.88 Å². The van der Waals surface area contributed by atoms with Gasteiger partial charge in [0.2, 0.25) is 6.10 Å². The van der Waals surface area contributed by atoms with Crippen LogP contribution in [0.4, 0.5) is 5.13 Å². The Kier molecular flexibility index (Phi) is 7.61. The van der Waals surface area contributed by atoms with Gasteiger partial charge in [-0.25, -0.2) is 4.98 Å². The molecule has 5 rings (SSSR count). The van der Waals surface area contributed by atoms with Crippen molar-refractivity contribution in [3.05, 3.63) is 47.0 Å². The predicted octanol–water partition coefficient (Wildman–Crippen LogP) is 4.19. The second kappa shape index (κ2) is 10.4. The van der Waals surface area contributed by atoms with E-state index in [-0.39, 0.29) is 24.9 Å². The molecule has 10 heteroatoms. The molecule has 0 bridgehead atoms. The van der Waals surface area contributed by atoms with E-state index in [1.165, 1.54) is 11.3 Å². The van der Waals surface area contributed by atoms with Gasteiger partial charge in [0.15, 0.2) is 16.6 Å². The number of para-hydroxylation sites is 2. The lowest BCUT2D eigenvalue weighted by molar-refractivity contribution is -0.127. The highest BCUT2D eigenvalue weighted by molar-refractivity contribution is 7.22. The predicted molar refractivity (Wildman–Crippen MR) is 133 cm³/mol. The van der Waals surface area contributed by atoms with Crippen LogP contribution in [-0.4, -0.2) is 67.9 Å². The fraction of sp³-hybridized carbons (Fsp3) is 0.391. The molecule has 1 fully saturated rings. The van der Waals surface area contributed by atoms with Crippen molar-refractivity contribution in [3.63, 3.8) is 0 Å². The summed E-state index contributed by atoms with van der Waals surface area (Å²) in [6, 6.07) is 11.2. The van der Waals surface area contributed by atoms with Gasteiger partial charge in [0.05, 0.1) is 23.4 Å². The number of thiazole rings is 1. The van der Waals surface area contributed by atoms with E-state index < -0.39 is 6.10 Å². The minimum absolute atomic E-state index is 0. The van der Waals surface area contributed by atoms with Crippen LogP contribution in [0.1, 0.15) is 5.56 Å². The Labute approximate surface area is 207 Å². The molecule has 1 aromatic heterocycles. The summed E-state index contributed by atoms with van der Waals surface area (Å²) in [7, 11) is 0. The largest absolute Gasteiger partial charge is 0.485 e. The Hall–Kier alpha value is -2.10. The number of carbonyl (C=O) groups is 1. The third-order valence-electron chi connectivity index (χ3n) is 5.66. The van der Waals surface area contributed by atoms with E-state index in [4.69, 9.17) is 30.8 Å². The van der Waals surface area contributed by atoms with Crippen LogP contribution in [0.5, 0.6) is 11.5 Å². The SMILES string of the molecule is Cc1cc(Cl)cc2sc(N(CCN3CCOCC3)C(=O)C3COc4ccccc4O3)nc12.Cl. The van der Waals surface area contributed by atoms with Gasteiger partial charge in [-0.1, -0.05) is 35.1 Å². The molecule has 2 aliphatic heterocycles. The van der Waals surface area contributed by atoms with Gasteiger partial charge in [0, 0.05) is 31.2 Å². The molecule has 7 nitrogen and oxygen atoms in total. The monoisotopic (exact) mass is 509 g/mol. The number of carbonyl (C=O) groups excluding carboxylic acids is 1. The van der Waals surface area contributed by atoms with Crippen molar-refractivity contribution in [2.24, 2.45) is 0 Å². The lowest BCUT2D eigenvalue weighted by Gasteiger charge is -2.32. The smallest absolute Gasteiger partial charge is 0.273 e. The van der Waals surface area contributed by atoms with Gasteiger partial charge in [-0.05, 0) is 36.8 Å². The van der Waals surface area contributed by atoms with Crippen LogP contribution >= 0.6 is 35.3 Å². The first-order chi connectivity index (χ1) is 15.6. The molecule has 2 aliphatic rings. The average molecular weight is 510 g/mol. The molecule has 176 valence electrons. The molecular formula is C23H25Cl2N3O4S. The summed E-state index contributed by atoms with van der Waals surface area (Å²) in [4.78, 5) is 22.5. The number of hydrogen-bond donors (Lipinski definition) is 0. The highest BCUT2D eigenvalue weighted by Gasteiger charge is 2.33. The number of aryl methyl sites for hydroxylation is 1. The van der Waals surface area contributed by atoms with Crippen molar-refractivity contribution in [2.45, 2.75) is 13.0 Å². The molecule has 1 saturated heterocycles. The van der Waals surface area contributed by atoms with Gasteiger partial charge in [-0.3, -0.25) is 14.6 Å². The number of hydrogen-bond acceptors (Lipinski definition) is 7. The standard InChI is InChI=1S/C23H24ClN3O4S.ClH/c1-15-12-16(24)13-20-21(15)25-23(32-20)27(7-6-26-8-10-29-11-9-26)22(28)19-14-30-17-4-2-3-5-18(17)31-19;/h2-5,12-13,19H,6-11,14H2,1H3;1H. The molecule has 3 aromatic rings. The molecule has 0 spiro atoms. The minimum atomic E-state index is -0.730. The van der Waals surface area contributed by atoms with Crippen LogP contribution in [0.15, 0.2) is 36.4 Å². The van der Waals surface area contributed by atoms with Crippen molar-refractivity contribution in [3.8, 4) is 11.5 Å². The number of amides is 1. The van der Waals surface area contributed by atoms with E-state index in [1.807, 2.05) is 43.3 Å². The first kappa shape index (κ1) is 24.0. The zero-order chi connectivity index (χ0) is 22.1. The highest BCUT2D eigenvalue weighted by atomic mass is 35.5. The summed E-state index contributed by atoms with van der Waals surface area (Å²) in [5.74, 6) is 1.08. The van der Waals surface area contributed by atoms with Crippen LogP contribution in [0.3, 0.4) is 0 Å². The first-order valence-electron chi connectivity index (χ1n) is 10.6. The summed E-state index contributed by atoms with van der Waals surface area (Å²) < 4.78 is 18.2. The maximum absolute atomic E-state index is 13.6. The Bertz CT molecular complexity index is 1140. The second-order valence-corrected chi connectivity index (χ2v) is 9.32. The van der Waals surface area contributed by atoms with Gasteiger partial charge in [0.25, 0.3) is 5.91 Å². The first-order valence-corrected chi connectivity index (χ1v) is 11.8. The Morgan fingerprint density at radius 3 is 2.79 bits per heavy atom. The molecular weight excluding hydrogens is 485 g/mol. The number of ether oxygens (including phenoxy) is 3. The maximum Gasteiger partial charge on any atom is 0.273 e. The summed E-state index contributed by atoms with van der Waals surface area (Å²) in [6.07, 6.45) is -0.730. The van der Waals surface area contributed by atoms with Crippen molar-refractivity contribution in [1.29, 1.82) is 0 Å². The lowest BCUT2D eigenvalue weighted by atomic mass is 10.2. The van der Waals surface area contributed by atoms with Crippen LogP contribution in [-0.2, 0) is 9.53 Å². The number of morpholine rings is 1. The summed E-state index contributed by atoms with van der Waals surface area (Å²) >= 11 is 7.72. The second-order valence-electron chi connectivity index (χ2n) is 7.87. The molecule has 1 amide bonds. The zero-order valence-corrected chi connectivity index (χ0v) is 20.5. The summed E-state index contributed by atoms with van der Waals surface area (Å²) in [5, 5.41) is 1.31. The fourth-order valence-corrected chi connectivity index (χ4v) is 5.39. The zero-order valence-electron chi connectivity index (χ0n) is 18.2. The molecule has 3 heterocycles. The third-order valence-corrected chi connectivity index (χ3v) is 6.91. The summed E-state index contributed by atoms with van der Waals surface area (Å²) in [6.45, 7) is 6.51. The lowest BCUT2D eigenvalue weighted by Crippen LogP contribution is -2.49. The molecule has 33 heavy (non-hydrogen) atoms. The number of rotatable bonds is 5. The van der Waals surface area contributed by atoms with E-state index in [1.54, 1.807) is 4.90 Å². The van der Waals surface area contributed by atoms with E-state index in [0.29, 0.717) is 41.4 Å². The minimum Gasteiger partial charge on any atom is -0.485 e. The van der Waals surface area contributed by atoms with Gasteiger partial charge in [0.1, 0.15) is 6.61 Å². The third kappa shape index (κ3) is 5.20.